The molecule has 0 unspecified atom stereocenters. The number of aliphatic hydroxyl groups is 2. The maximum absolute atomic E-state index is 10.6. The van der Waals surface area contributed by atoms with Crippen LogP contribution in [0.5, 0.6) is 0 Å². The van der Waals surface area contributed by atoms with Crippen molar-refractivity contribution in [3.05, 3.63) is 54.1 Å². The van der Waals surface area contributed by atoms with Gasteiger partial charge in [0.15, 0.2) is 0 Å². The van der Waals surface area contributed by atoms with Crippen molar-refractivity contribution in [3.8, 4) is 0 Å². The van der Waals surface area contributed by atoms with E-state index in [1.54, 1.807) is 24.3 Å². The number of nitrogens with zero attached hydrogens (tertiary/aromatic N) is 3. The minimum Gasteiger partial charge on any atom is -0.395 e. The van der Waals surface area contributed by atoms with Crippen LogP contribution in [-0.4, -0.2) is 42.8 Å². The van der Waals surface area contributed by atoms with Gasteiger partial charge < -0.3 is 15.1 Å². The lowest BCUT2D eigenvalue weighted by molar-refractivity contribution is 0.112. The third kappa shape index (κ3) is 4.98. The van der Waals surface area contributed by atoms with E-state index in [-0.39, 0.29) is 13.2 Å². The largest absolute Gasteiger partial charge is 0.395 e. The van der Waals surface area contributed by atoms with Crippen LogP contribution in [0.25, 0.3) is 0 Å². The molecule has 0 amide bonds. The number of aliphatic hydroxyl groups excluding tert-OH is 2. The first kappa shape index (κ1) is 16.8. The number of carbonyl (C=O) groups excluding carboxylic acids is 1. The van der Waals surface area contributed by atoms with Gasteiger partial charge in [-0.2, -0.15) is 10.2 Å². The predicted molar refractivity (Wildman–Crippen MR) is 88.8 cm³/mol. The fraction of sp³-hybridized carbons (Fsp3) is 0.235. The molecule has 0 bridgehead atoms. The fourth-order valence-corrected chi connectivity index (χ4v) is 2.08. The molecule has 2 aromatic rings. The summed E-state index contributed by atoms with van der Waals surface area (Å²) >= 11 is 0. The van der Waals surface area contributed by atoms with Crippen molar-refractivity contribution < 1.29 is 15.0 Å². The normalized spacial score (nSPS) is 10.9. The van der Waals surface area contributed by atoms with E-state index in [2.05, 4.69) is 10.2 Å². The molecule has 2 rings (SSSR count). The number of hydrogen-bond acceptors (Lipinski definition) is 6. The molecular formula is C17H19N3O3. The second kappa shape index (κ2) is 8.77. The predicted octanol–water partition coefficient (Wildman–Crippen LogP) is 2.71. The molecule has 0 spiro atoms. The first-order chi connectivity index (χ1) is 11.3. The molecule has 6 nitrogen and oxygen atoms in total. The van der Waals surface area contributed by atoms with Gasteiger partial charge in [-0.15, -0.1) is 0 Å². The minimum absolute atomic E-state index is 0.0260. The Hall–Kier alpha value is -2.57. The van der Waals surface area contributed by atoms with Gasteiger partial charge >= 0.3 is 0 Å². The summed E-state index contributed by atoms with van der Waals surface area (Å²) in [6, 6.07) is 14.2. The number of anilines is 1. The molecule has 0 saturated heterocycles. The molecule has 120 valence electrons. The van der Waals surface area contributed by atoms with E-state index in [1.165, 1.54) is 0 Å². The number of hydrogen-bond donors (Lipinski definition) is 2. The number of azo groups is 1. The number of benzene rings is 2. The third-order valence-corrected chi connectivity index (χ3v) is 3.26. The quantitative estimate of drug-likeness (QED) is 0.579. The van der Waals surface area contributed by atoms with E-state index in [0.29, 0.717) is 30.0 Å². The summed E-state index contributed by atoms with van der Waals surface area (Å²) in [4.78, 5) is 12.5. The molecule has 0 atom stereocenters. The van der Waals surface area contributed by atoms with Crippen molar-refractivity contribution in [3.63, 3.8) is 0 Å². The standard InChI is InChI=1S/C17H19N3O3/c21-11-9-20(10-12-22)17-7-5-16(6-8-17)19-18-15-3-1-14(13-23)2-4-15/h1-8,13,21-22H,9-12H2. The summed E-state index contributed by atoms with van der Waals surface area (Å²) in [5, 5.41) is 26.4. The first-order valence-electron chi connectivity index (χ1n) is 7.30. The Bertz CT molecular complexity index is 633. The van der Waals surface area contributed by atoms with Crippen molar-refractivity contribution in [1.29, 1.82) is 0 Å². The molecule has 23 heavy (non-hydrogen) atoms. The zero-order chi connectivity index (χ0) is 16.5. The maximum Gasteiger partial charge on any atom is 0.150 e. The van der Waals surface area contributed by atoms with Crippen molar-refractivity contribution in [2.75, 3.05) is 31.2 Å². The van der Waals surface area contributed by atoms with E-state index in [0.717, 1.165) is 12.0 Å². The molecule has 0 radical (unpaired) electrons. The summed E-state index contributed by atoms with van der Waals surface area (Å²) in [5.41, 5.74) is 2.87. The van der Waals surface area contributed by atoms with Crippen LogP contribution >= 0.6 is 0 Å². The highest BCUT2D eigenvalue weighted by atomic mass is 16.3. The van der Waals surface area contributed by atoms with Gasteiger partial charge in [0.1, 0.15) is 6.29 Å². The average molecular weight is 313 g/mol. The smallest absolute Gasteiger partial charge is 0.150 e. The van der Waals surface area contributed by atoms with E-state index in [1.807, 2.05) is 29.2 Å². The topological polar surface area (TPSA) is 85.5 Å². The van der Waals surface area contributed by atoms with Crippen LogP contribution in [0, 0.1) is 0 Å². The molecule has 2 aromatic carbocycles. The van der Waals surface area contributed by atoms with Gasteiger partial charge in [-0.1, -0.05) is 0 Å². The second-order valence-electron chi connectivity index (χ2n) is 4.86. The van der Waals surface area contributed by atoms with Gasteiger partial charge in [0.2, 0.25) is 0 Å². The van der Waals surface area contributed by atoms with Crippen LogP contribution in [0.4, 0.5) is 17.1 Å². The molecule has 0 heterocycles. The van der Waals surface area contributed by atoms with Crippen LogP contribution in [0.3, 0.4) is 0 Å². The summed E-state index contributed by atoms with van der Waals surface area (Å²) in [7, 11) is 0. The molecule has 2 N–H and O–H groups in total. The van der Waals surface area contributed by atoms with Gasteiger partial charge in [0.05, 0.1) is 24.6 Å². The van der Waals surface area contributed by atoms with E-state index in [4.69, 9.17) is 10.2 Å². The zero-order valence-corrected chi connectivity index (χ0v) is 12.7. The average Bonchev–Trinajstić information content (AvgIpc) is 2.61. The van der Waals surface area contributed by atoms with Crippen LogP contribution in [-0.2, 0) is 0 Å². The Kier molecular flexibility index (Phi) is 6.40. The summed E-state index contributed by atoms with van der Waals surface area (Å²) < 4.78 is 0. The SMILES string of the molecule is O=Cc1ccc(N=Nc2ccc(N(CCO)CCO)cc2)cc1. The first-order valence-corrected chi connectivity index (χ1v) is 7.30. The highest BCUT2D eigenvalue weighted by Crippen LogP contribution is 2.22. The lowest BCUT2D eigenvalue weighted by Crippen LogP contribution is -2.29. The monoisotopic (exact) mass is 313 g/mol. The number of carbonyl (C=O) groups is 1. The summed E-state index contributed by atoms with van der Waals surface area (Å²) in [6.07, 6.45) is 0.782. The molecule has 6 heteroatoms. The Morgan fingerprint density at radius 1 is 0.826 bits per heavy atom. The maximum atomic E-state index is 10.6. The van der Waals surface area contributed by atoms with Crippen LogP contribution in [0.15, 0.2) is 58.8 Å². The van der Waals surface area contributed by atoms with Crippen molar-refractivity contribution >= 4 is 23.3 Å². The Labute approximate surface area is 134 Å². The van der Waals surface area contributed by atoms with E-state index < -0.39 is 0 Å². The van der Waals surface area contributed by atoms with E-state index >= 15 is 0 Å². The van der Waals surface area contributed by atoms with Crippen molar-refractivity contribution in [1.82, 2.24) is 0 Å². The number of rotatable bonds is 8. The van der Waals surface area contributed by atoms with Gasteiger partial charge in [-0.05, 0) is 48.5 Å². The lowest BCUT2D eigenvalue weighted by atomic mass is 10.2. The van der Waals surface area contributed by atoms with E-state index in [9.17, 15) is 4.79 Å². The van der Waals surface area contributed by atoms with Gasteiger partial charge in [0.25, 0.3) is 0 Å². The molecule has 0 aliphatic carbocycles. The van der Waals surface area contributed by atoms with Crippen LogP contribution in [0.2, 0.25) is 0 Å². The Balaban J connectivity index is 2.06. The van der Waals surface area contributed by atoms with Crippen molar-refractivity contribution in [2.45, 2.75) is 0 Å². The minimum atomic E-state index is 0.0260. The van der Waals surface area contributed by atoms with Crippen LogP contribution in [0.1, 0.15) is 10.4 Å². The van der Waals surface area contributed by atoms with Gasteiger partial charge in [-0.25, -0.2) is 0 Å². The highest BCUT2D eigenvalue weighted by Gasteiger charge is 2.04. The molecular weight excluding hydrogens is 294 g/mol. The van der Waals surface area contributed by atoms with Crippen LogP contribution < -0.4 is 4.90 Å². The molecule has 0 saturated carbocycles. The van der Waals surface area contributed by atoms with Gasteiger partial charge in [-0.3, -0.25) is 4.79 Å². The summed E-state index contributed by atoms with van der Waals surface area (Å²) in [5.74, 6) is 0. The molecule has 0 fully saturated rings. The fourth-order valence-electron chi connectivity index (χ4n) is 2.08. The lowest BCUT2D eigenvalue weighted by Gasteiger charge is -2.22. The van der Waals surface area contributed by atoms with Gasteiger partial charge in [0, 0.05) is 24.3 Å². The molecule has 0 aliphatic heterocycles. The molecule has 0 aliphatic rings. The third-order valence-electron chi connectivity index (χ3n) is 3.26. The highest BCUT2D eigenvalue weighted by molar-refractivity contribution is 5.75. The Morgan fingerprint density at radius 3 is 1.74 bits per heavy atom. The number of aldehydes is 1. The summed E-state index contributed by atoms with van der Waals surface area (Å²) in [6.45, 7) is 0.978. The van der Waals surface area contributed by atoms with Crippen molar-refractivity contribution in [2.24, 2.45) is 10.2 Å². The molecule has 0 aromatic heterocycles. The zero-order valence-electron chi connectivity index (χ0n) is 12.7. The Morgan fingerprint density at radius 2 is 1.30 bits per heavy atom. The second-order valence-corrected chi connectivity index (χ2v) is 4.86.